The third-order valence-electron chi connectivity index (χ3n) is 6.82. The minimum absolute atomic E-state index is 0.415. The van der Waals surface area contributed by atoms with Crippen molar-refractivity contribution in [2.24, 2.45) is 22.2 Å². The van der Waals surface area contributed by atoms with Crippen LogP contribution >= 0.6 is 0 Å². The van der Waals surface area contributed by atoms with E-state index in [0.29, 0.717) is 23.5 Å². The van der Waals surface area contributed by atoms with Crippen LogP contribution in [-0.4, -0.2) is 51.0 Å². The largest absolute Gasteiger partial charge is 0.381 e. The maximum Gasteiger partial charge on any atom is 0.191 e. The van der Waals surface area contributed by atoms with Gasteiger partial charge in [0.05, 0.1) is 6.10 Å². The van der Waals surface area contributed by atoms with Gasteiger partial charge >= 0.3 is 0 Å². The van der Waals surface area contributed by atoms with E-state index in [1.807, 2.05) is 0 Å². The van der Waals surface area contributed by atoms with E-state index in [4.69, 9.17) is 14.5 Å². The molecule has 0 aromatic carbocycles. The Morgan fingerprint density at radius 3 is 2.71 bits per heavy atom. The summed E-state index contributed by atoms with van der Waals surface area (Å²) >= 11 is 0. The summed E-state index contributed by atoms with van der Waals surface area (Å²) in [5, 5.41) is 7.25. The predicted octanol–water partition coefficient (Wildman–Crippen LogP) is 2.32. The van der Waals surface area contributed by atoms with E-state index in [9.17, 15) is 0 Å². The third kappa shape index (κ3) is 2.94. The molecule has 4 rings (SSSR count). The zero-order valence-corrected chi connectivity index (χ0v) is 15.1. The lowest BCUT2D eigenvalue weighted by Crippen LogP contribution is -2.72. The first kappa shape index (κ1) is 16.6. The van der Waals surface area contributed by atoms with Gasteiger partial charge in [-0.25, -0.2) is 0 Å². The van der Waals surface area contributed by atoms with Crippen molar-refractivity contribution >= 4 is 5.96 Å². The summed E-state index contributed by atoms with van der Waals surface area (Å²) in [5.74, 6) is 2.51. The van der Waals surface area contributed by atoms with Crippen LogP contribution < -0.4 is 10.6 Å². The fourth-order valence-electron chi connectivity index (χ4n) is 5.32. The average Bonchev–Trinajstić information content (AvgIpc) is 2.97. The van der Waals surface area contributed by atoms with Crippen LogP contribution in [0.2, 0.25) is 0 Å². The summed E-state index contributed by atoms with van der Waals surface area (Å²) < 4.78 is 11.5. The highest BCUT2D eigenvalue weighted by Crippen LogP contribution is 2.62. The van der Waals surface area contributed by atoms with E-state index >= 15 is 0 Å². The molecule has 0 radical (unpaired) electrons. The number of nitrogens with zero attached hydrogens (tertiary/aromatic N) is 1. The Balaban J connectivity index is 1.33. The third-order valence-corrected chi connectivity index (χ3v) is 6.82. The summed E-state index contributed by atoms with van der Waals surface area (Å²) in [6.07, 6.45) is 9.34. The minimum atomic E-state index is 0.415. The lowest BCUT2D eigenvalue weighted by atomic mass is 9.46. The van der Waals surface area contributed by atoms with Crippen molar-refractivity contribution in [1.29, 1.82) is 0 Å². The summed E-state index contributed by atoms with van der Waals surface area (Å²) in [5.41, 5.74) is 0.415. The van der Waals surface area contributed by atoms with Gasteiger partial charge in [0.15, 0.2) is 5.96 Å². The first-order valence-electron chi connectivity index (χ1n) is 10.1. The van der Waals surface area contributed by atoms with Crippen molar-refractivity contribution in [2.45, 2.75) is 64.0 Å². The van der Waals surface area contributed by atoms with Crippen LogP contribution in [0, 0.1) is 17.3 Å². The van der Waals surface area contributed by atoms with Crippen LogP contribution in [0.4, 0.5) is 0 Å². The molecule has 1 spiro atoms. The Morgan fingerprint density at radius 2 is 2.00 bits per heavy atom. The molecule has 5 nitrogen and oxygen atoms in total. The molecule has 2 saturated carbocycles. The van der Waals surface area contributed by atoms with Gasteiger partial charge in [-0.1, -0.05) is 6.42 Å². The molecule has 2 saturated heterocycles. The zero-order valence-electron chi connectivity index (χ0n) is 15.1. The molecule has 0 aromatic rings. The Labute approximate surface area is 146 Å². The van der Waals surface area contributed by atoms with Crippen LogP contribution in [0.15, 0.2) is 4.99 Å². The highest BCUT2D eigenvalue weighted by atomic mass is 16.5. The second kappa shape index (κ2) is 7.20. The molecule has 3 atom stereocenters. The minimum Gasteiger partial charge on any atom is -0.381 e. The molecule has 4 fully saturated rings. The number of guanidine groups is 1. The number of fused-ring (bicyclic) bond motifs is 2. The van der Waals surface area contributed by atoms with Gasteiger partial charge in [0, 0.05) is 50.3 Å². The van der Waals surface area contributed by atoms with Crippen LogP contribution in [0.5, 0.6) is 0 Å². The van der Waals surface area contributed by atoms with Crippen molar-refractivity contribution in [3.63, 3.8) is 0 Å². The van der Waals surface area contributed by atoms with Gasteiger partial charge < -0.3 is 20.1 Å². The standard InChI is InChI=1S/C19H33N3O2/c1-2-20-18(21-10-4-14-5-11-23-12-6-14)22-16-15-7-13-24-17(15)19(16)8-3-9-19/h14-17H,2-13H2,1H3,(H2,20,21,22). The van der Waals surface area contributed by atoms with Crippen molar-refractivity contribution in [3.05, 3.63) is 0 Å². The quantitative estimate of drug-likeness (QED) is 0.598. The van der Waals surface area contributed by atoms with Gasteiger partial charge in [-0.3, -0.25) is 4.99 Å². The van der Waals surface area contributed by atoms with Gasteiger partial charge in [-0.2, -0.15) is 0 Å². The average molecular weight is 335 g/mol. The Hall–Kier alpha value is -0.810. The van der Waals surface area contributed by atoms with Gasteiger partial charge in [-0.15, -0.1) is 0 Å². The molecule has 24 heavy (non-hydrogen) atoms. The molecular formula is C19H33N3O2. The fourth-order valence-corrected chi connectivity index (χ4v) is 5.32. The van der Waals surface area contributed by atoms with E-state index in [1.54, 1.807) is 0 Å². The van der Waals surface area contributed by atoms with E-state index in [1.165, 1.54) is 44.9 Å². The van der Waals surface area contributed by atoms with E-state index in [2.05, 4.69) is 17.6 Å². The van der Waals surface area contributed by atoms with Gasteiger partial charge in [0.2, 0.25) is 0 Å². The molecule has 4 aliphatic rings. The summed E-state index contributed by atoms with van der Waals surface area (Å²) in [6.45, 7) is 6.81. The number of hydrogen-bond donors (Lipinski definition) is 2. The molecule has 0 amide bonds. The Kier molecular flexibility index (Phi) is 5.00. The molecule has 2 N–H and O–H groups in total. The second-order valence-electron chi connectivity index (χ2n) is 8.06. The van der Waals surface area contributed by atoms with Crippen molar-refractivity contribution in [3.8, 4) is 0 Å². The van der Waals surface area contributed by atoms with Crippen molar-refractivity contribution in [1.82, 2.24) is 10.6 Å². The monoisotopic (exact) mass is 335 g/mol. The maximum absolute atomic E-state index is 6.03. The molecule has 136 valence electrons. The fraction of sp³-hybridized carbons (Fsp3) is 0.947. The highest BCUT2D eigenvalue weighted by Gasteiger charge is 2.66. The maximum atomic E-state index is 6.03. The van der Waals surface area contributed by atoms with Crippen molar-refractivity contribution < 1.29 is 9.47 Å². The summed E-state index contributed by atoms with van der Waals surface area (Å²) in [4.78, 5) is 4.88. The normalized spacial score (nSPS) is 35.2. The topological polar surface area (TPSA) is 54.9 Å². The first-order chi connectivity index (χ1) is 11.8. The second-order valence-corrected chi connectivity index (χ2v) is 8.06. The van der Waals surface area contributed by atoms with Gasteiger partial charge in [0.25, 0.3) is 0 Å². The van der Waals surface area contributed by atoms with E-state index in [0.717, 1.165) is 44.8 Å². The molecule has 3 unspecified atom stereocenters. The van der Waals surface area contributed by atoms with Crippen molar-refractivity contribution in [2.75, 3.05) is 32.9 Å². The van der Waals surface area contributed by atoms with E-state index in [-0.39, 0.29) is 0 Å². The SMILES string of the molecule is CCNC(=NCCC1CCOCC1)NC1C2CCOC2C12CCC2. The lowest BCUT2D eigenvalue weighted by molar-refractivity contribution is -0.171. The highest BCUT2D eigenvalue weighted by molar-refractivity contribution is 5.80. The molecule has 0 bridgehead atoms. The summed E-state index contributed by atoms with van der Waals surface area (Å²) in [7, 11) is 0. The molecule has 2 aliphatic heterocycles. The first-order valence-corrected chi connectivity index (χ1v) is 10.1. The Morgan fingerprint density at radius 1 is 1.17 bits per heavy atom. The predicted molar refractivity (Wildman–Crippen MR) is 95.2 cm³/mol. The Bertz CT molecular complexity index is 458. The number of hydrogen-bond acceptors (Lipinski definition) is 3. The van der Waals surface area contributed by atoms with Crippen LogP contribution in [-0.2, 0) is 9.47 Å². The number of aliphatic imine (C=N–C) groups is 1. The van der Waals surface area contributed by atoms with Gasteiger partial charge in [0.1, 0.15) is 0 Å². The number of rotatable bonds is 5. The number of ether oxygens (including phenoxy) is 2. The zero-order chi connectivity index (χ0) is 16.4. The van der Waals surface area contributed by atoms with Gasteiger partial charge in [-0.05, 0) is 51.4 Å². The lowest BCUT2D eigenvalue weighted by Gasteiger charge is -2.63. The molecule has 2 heterocycles. The smallest absolute Gasteiger partial charge is 0.191 e. The van der Waals surface area contributed by atoms with Crippen LogP contribution in [0.25, 0.3) is 0 Å². The molecule has 5 heteroatoms. The molecule has 0 aromatic heterocycles. The number of nitrogens with one attached hydrogen (secondary N) is 2. The van der Waals surface area contributed by atoms with Crippen LogP contribution in [0.3, 0.4) is 0 Å². The molecule has 2 aliphatic carbocycles. The van der Waals surface area contributed by atoms with Crippen LogP contribution in [0.1, 0.15) is 51.9 Å². The molecular weight excluding hydrogens is 302 g/mol. The van der Waals surface area contributed by atoms with E-state index < -0.39 is 0 Å². The summed E-state index contributed by atoms with van der Waals surface area (Å²) in [6, 6.07) is 0.569.